The molecule has 2 aromatic carbocycles. The van der Waals surface area contributed by atoms with Gasteiger partial charge in [-0.25, -0.2) is 18.2 Å². The molecular weight excluding hydrogens is 339 g/mol. The van der Waals surface area contributed by atoms with Crippen LogP contribution >= 0.6 is 11.6 Å². The molecule has 3 nitrogen and oxygen atoms in total. The van der Waals surface area contributed by atoms with E-state index in [1.54, 1.807) is 4.57 Å². The summed E-state index contributed by atoms with van der Waals surface area (Å²) >= 11 is 6.07. The maximum Gasteiger partial charge on any atom is 0.128 e. The van der Waals surface area contributed by atoms with E-state index in [9.17, 15) is 13.2 Å². The molecule has 0 aliphatic rings. The van der Waals surface area contributed by atoms with Gasteiger partial charge in [-0.15, -0.1) is 0 Å². The number of rotatable bonds is 4. The van der Waals surface area contributed by atoms with Gasteiger partial charge in [-0.1, -0.05) is 11.6 Å². The van der Waals surface area contributed by atoms with Gasteiger partial charge in [0.25, 0.3) is 0 Å². The lowest BCUT2D eigenvalue weighted by Crippen LogP contribution is -2.10. The molecule has 0 amide bonds. The van der Waals surface area contributed by atoms with Gasteiger partial charge in [-0.05, 0) is 36.4 Å². The van der Waals surface area contributed by atoms with E-state index in [2.05, 4.69) is 4.98 Å². The highest BCUT2D eigenvalue weighted by Gasteiger charge is 2.16. The Balaban J connectivity index is 2.02. The zero-order valence-corrected chi connectivity index (χ0v) is 13.2. The summed E-state index contributed by atoms with van der Waals surface area (Å²) in [5.41, 5.74) is 7.57. The molecule has 2 N–H and O–H groups in total. The average Bonchev–Trinajstić information content (AvgIpc) is 2.93. The molecule has 3 aromatic rings. The Morgan fingerprint density at radius 1 is 1.04 bits per heavy atom. The molecule has 0 bridgehead atoms. The van der Waals surface area contributed by atoms with Crippen molar-refractivity contribution < 1.29 is 13.2 Å². The third-order valence-corrected chi connectivity index (χ3v) is 3.99. The summed E-state index contributed by atoms with van der Waals surface area (Å²) < 4.78 is 42.0. The first kappa shape index (κ1) is 16.5. The van der Waals surface area contributed by atoms with Crippen molar-refractivity contribution in [3.05, 3.63) is 76.5 Å². The first-order valence-corrected chi connectivity index (χ1v) is 7.51. The van der Waals surface area contributed by atoms with E-state index in [0.717, 1.165) is 18.2 Å². The summed E-state index contributed by atoms with van der Waals surface area (Å²) in [6, 6.07) is 7.21. The summed E-state index contributed by atoms with van der Waals surface area (Å²) in [5, 5.41) is 0.201. The topological polar surface area (TPSA) is 43.8 Å². The van der Waals surface area contributed by atoms with Crippen molar-refractivity contribution in [2.45, 2.75) is 13.1 Å². The van der Waals surface area contributed by atoms with E-state index in [4.69, 9.17) is 17.3 Å². The van der Waals surface area contributed by atoms with Gasteiger partial charge in [0, 0.05) is 17.7 Å². The van der Waals surface area contributed by atoms with Crippen molar-refractivity contribution in [2.24, 2.45) is 5.73 Å². The predicted molar refractivity (Wildman–Crippen MR) is 86.0 cm³/mol. The fraction of sp³-hybridized carbons (Fsp3) is 0.118. The molecule has 124 valence electrons. The molecule has 24 heavy (non-hydrogen) atoms. The molecular formula is C17H13ClF3N3. The van der Waals surface area contributed by atoms with Gasteiger partial charge in [0.05, 0.1) is 29.3 Å². The molecule has 0 spiro atoms. The second kappa shape index (κ2) is 6.67. The molecule has 0 saturated carbocycles. The molecule has 0 fully saturated rings. The maximum absolute atomic E-state index is 13.8. The van der Waals surface area contributed by atoms with Crippen molar-refractivity contribution in [1.29, 1.82) is 0 Å². The fourth-order valence-electron chi connectivity index (χ4n) is 2.51. The summed E-state index contributed by atoms with van der Waals surface area (Å²) in [4.78, 5) is 4.26. The zero-order chi connectivity index (χ0) is 17.3. The Morgan fingerprint density at radius 2 is 1.75 bits per heavy atom. The van der Waals surface area contributed by atoms with E-state index in [0.29, 0.717) is 17.0 Å². The molecule has 0 saturated heterocycles. The van der Waals surface area contributed by atoms with Crippen molar-refractivity contribution in [1.82, 2.24) is 9.55 Å². The Morgan fingerprint density at radius 3 is 2.46 bits per heavy atom. The van der Waals surface area contributed by atoms with E-state index < -0.39 is 17.5 Å². The van der Waals surface area contributed by atoms with Gasteiger partial charge in [0.15, 0.2) is 0 Å². The number of benzene rings is 2. The number of imidazole rings is 1. The standard InChI is InChI=1S/C17H13ClF3N3/c18-14-6-12(20)1-3-13(14)17-16(7-22)24(9-23-17)8-10-5-11(19)2-4-15(10)21/h1-6,9H,7-8,22H2. The molecule has 3 rings (SSSR count). The van der Waals surface area contributed by atoms with Gasteiger partial charge < -0.3 is 10.3 Å². The summed E-state index contributed by atoms with van der Waals surface area (Å²) in [7, 11) is 0. The van der Waals surface area contributed by atoms with Crippen molar-refractivity contribution >= 4 is 11.6 Å². The number of hydrogen-bond donors (Lipinski definition) is 1. The van der Waals surface area contributed by atoms with Crippen LogP contribution in [0.3, 0.4) is 0 Å². The van der Waals surface area contributed by atoms with Gasteiger partial charge >= 0.3 is 0 Å². The monoisotopic (exact) mass is 351 g/mol. The predicted octanol–water partition coefficient (Wildman–Crippen LogP) is 4.13. The fourth-order valence-corrected chi connectivity index (χ4v) is 2.77. The Bertz CT molecular complexity index is 893. The minimum absolute atomic E-state index is 0.0714. The number of aromatic nitrogens is 2. The number of hydrogen-bond acceptors (Lipinski definition) is 2. The number of nitrogens with two attached hydrogens (primary N) is 1. The van der Waals surface area contributed by atoms with Crippen LogP contribution in [0.15, 0.2) is 42.7 Å². The molecule has 0 aliphatic carbocycles. The van der Waals surface area contributed by atoms with Crippen LogP contribution in [0.2, 0.25) is 5.02 Å². The lowest BCUT2D eigenvalue weighted by Gasteiger charge is -2.10. The highest BCUT2D eigenvalue weighted by Crippen LogP contribution is 2.30. The van der Waals surface area contributed by atoms with Gasteiger partial charge in [0.1, 0.15) is 17.5 Å². The van der Waals surface area contributed by atoms with E-state index in [-0.39, 0.29) is 23.7 Å². The normalized spacial score (nSPS) is 11.0. The Kier molecular flexibility index (Phi) is 4.59. The number of halogens is 4. The first-order chi connectivity index (χ1) is 11.5. The second-order valence-electron chi connectivity index (χ2n) is 5.23. The van der Waals surface area contributed by atoms with Gasteiger partial charge in [0.2, 0.25) is 0 Å². The van der Waals surface area contributed by atoms with Gasteiger partial charge in [-0.2, -0.15) is 0 Å². The van der Waals surface area contributed by atoms with Crippen LogP contribution in [0.4, 0.5) is 13.2 Å². The third-order valence-electron chi connectivity index (χ3n) is 3.67. The van der Waals surface area contributed by atoms with Crippen LogP contribution in [0.1, 0.15) is 11.3 Å². The minimum Gasteiger partial charge on any atom is -0.328 e. The number of nitrogens with zero attached hydrogens (tertiary/aromatic N) is 2. The van der Waals surface area contributed by atoms with Gasteiger partial charge in [-0.3, -0.25) is 0 Å². The van der Waals surface area contributed by atoms with Crippen LogP contribution in [-0.4, -0.2) is 9.55 Å². The quantitative estimate of drug-likeness (QED) is 0.768. The molecule has 1 aromatic heterocycles. The molecule has 0 radical (unpaired) electrons. The third kappa shape index (κ3) is 3.16. The summed E-state index contributed by atoms with van der Waals surface area (Å²) in [6.45, 7) is 0.182. The minimum atomic E-state index is -0.525. The van der Waals surface area contributed by atoms with E-state index in [1.165, 1.54) is 24.5 Å². The summed E-state index contributed by atoms with van der Waals surface area (Å²) in [6.07, 6.45) is 1.47. The van der Waals surface area contributed by atoms with Crippen LogP contribution in [0, 0.1) is 17.5 Å². The van der Waals surface area contributed by atoms with Crippen molar-refractivity contribution in [2.75, 3.05) is 0 Å². The van der Waals surface area contributed by atoms with E-state index in [1.807, 2.05) is 0 Å². The van der Waals surface area contributed by atoms with Crippen LogP contribution in [-0.2, 0) is 13.1 Å². The largest absolute Gasteiger partial charge is 0.328 e. The highest BCUT2D eigenvalue weighted by molar-refractivity contribution is 6.33. The highest BCUT2D eigenvalue weighted by atomic mass is 35.5. The molecule has 1 heterocycles. The van der Waals surface area contributed by atoms with Crippen LogP contribution < -0.4 is 5.73 Å². The van der Waals surface area contributed by atoms with E-state index >= 15 is 0 Å². The maximum atomic E-state index is 13.8. The molecule has 0 unspecified atom stereocenters. The lowest BCUT2D eigenvalue weighted by atomic mass is 10.1. The summed E-state index contributed by atoms with van der Waals surface area (Å²) in [5.74, 6) is -1.50. The smallest absolute Gasteiger partial charge is 0.128 e. The zero-order valence-electron chi connectivity index (χ0n) is 12.4. The molecule has 0 atom stereocenters. The van der Waals surface area contributed by atoms with Crippen LogP contribution in [0.5, 0.6) is 0 Å². The SMILES string of the molecule is NCc1c(-c2ccc(F)cc2Cl)ncn1Cc1cc(F)ccc1F. The molecule has 0 aliphatic heterocycles. The Labute approximate surface area is 141 Å². The second-order valence-corrected chi connectivity index (χ2v) is 5.64. The Hall–Kier alpha value is -2.31. The average molecular weight is 352 g/mol. The molecule has 7 heteroatoms. The lowest BCUT2D eigenvalue weighted by molar-refractivity contribution is 0.574. The van der Waals surface area contributed by atoms with Crippen molar-refractivity contribution in [3.63, 3.8) is 0 Å². The van der Waals surface area contributed by atoms with Crippen LogP contribution in [0.25, 0.3) is 11.3 Å². The van der Waals surface area contributed by atoms with Crippen molar-refractivity contribution in [3.8, 4) is 11.3 Å². The first-order valence-electron chi connectivity index (χ1n) is 7.13.